The third-order valence-electron chi connectivity index (χ3n) is 2.34. The topological polar surface area (TPSA) is 31.4 Å². The van der Waals surface area contributed by atoms with E-state index in [0.717, 1.165) is 36.9 Å². The molecule has 1 atom stereocenters. The van der Waals surface area contributed by atoms with E-state index in [1.54, 1.807) is 11.3 Å². The molecule has 3 nitrogen and oxygen atoms in total. The molecule has 0 bridgehead atoms. The van der Waals surface area contributed by atoms with Crippen molar-refractivity contribution in [1.82, 2.24) is 4.98 Å². The lowest BCUT2D eigenvalue weighted by atomic mass is 10.1. The number of aromatic nitrogens is 1. The second-order valence-corrected chi connectivity index (χ2v) is 4.82. The fourth-order valence-electron chi connectivity index (χ4n) is 1.50. The van der Waals surface area contributed by atoms with Crippen molar-refractivity contribution in [2.75, 3.05) is 19.8 Å². The van der Waals surface area contributed by atoms with Crippen molar-refractivity contribution in [3.8, 4) is 0 Å². The van der Waals surface area contributed by atoms with Crippen LogP contribution in [-0.4, -0.2) is 24.8 Å². The lowest BCUT2D eigenvalue weighted by molar-refractivity contribution is 0.0790. The van der Waals surface area contributed by atoms with Crippen molar-refractivity contribution in [3.05, 3.63) is 16.1 Å². The summed E-state index contributed by atoms with van der Waals surface area (Å²) in [4.78, 5) is 4.32. The average Bonchev–Trinajstić information content (AvgIpc) is 2.88. The van der Waals surface area contributed by atoms with Gasteiger partial charge in [-0.15, -0.1) is 22.9 Å². The molecule has 0 radical (unpaired) electrons. The third-order valence-corrected chi connectivity index (χ3v) is 3.48. The van der Waals surface area contributed by atoms with Crippen LogP contribution < -0.4 is 0 Å². The van der Waals surface area contributed by atoms with Gasteiger partial charge in [-0.05, 0) is 6.42 Å². The van der Waals surface area contributed by atoms with E-state index < -0.39 is 0 Å². The van der Waals surface area contributed by atoms with Gasteiger partial charge < -0.3 is 9.47 Å². The number of thiazole rings is 1. The Morgan fingerprint density at radius 2 is 2.60 bits per heavy atom. The van der Waals surface area contributed by atoms with Crippen molar-refractivity contribution < 1.29 is 9.47 Å². The highest BCUT2D eigenvalue weighted by molar-refractivity contribution is 7.09. The fraction of sp³-hybridized carbons (Fsp3) is 0.700. The minimum absolute atomic E-state index is 0.479. The molecule has 0 amide bonds. The van der Waals surface area contributed by atoms with E-state index in [1.165, 1.54) is 0 Å². The van der Waals surface area contributed by atoms with Crippen molar-refractivity contribution in [2.45, 2.75) is 18.9 Å². The van der Waals surface area contributed by atoms with Crippen LogP contribution in [0.1, 0.15) is 17.1 Å². The number of hydrogen-bond acceptors (Lipinski definition) is 4. The minimum atomic E-state index is 0.479. The highest BCUT2D eigenvalue weighted by atomic mass is 35.5. The summed E-state index contributed by atoms with van der Waals surface area (Å²) in [5.41, 5.74) is 0.935. The number of ether oxygens (including phenoxy) is 2. The highest BCUT2D eigenvalue weighted by Gasteiger charge is 2.15. The first-order valence-electron chi connectivity index (χ1n) is 5.03. The number of hydrogen-bond donors (Lipinski definition) is 0. The van der Waals surface area contributed by atoms with Crippen molar-refractivity contribution in [2.24, 2.45) is 5.92 Å². The first-order chi connectivity index (χ1) is 7.38. The van der Waals surface area contributed by atoms with Gasteiger partial charge in [0.25, 0.3) is 0 Å². The Balaban J connectivity index is 1.68. The Morgan fingerprint density at radius 3 is 3.27 bits per heavy atom. The van der Waals surface area contributed by atoms with Crippen LogP contribution in [0.15, 0.2) is 5.38 Å². The van der Waals surface area contributed by atoms with Gasteiger partial charge in [-0.1, -0.05) is 0 Å². The molecule has 1 aromatic rings. The Kier molecular flexibility index (Phi) is 4.38. The lowest BCUT2D eigenvalue weighted by Crippen LogP contribution is -2.09. The first kappa shape index (κ1) is 11.3. The van der Waals surface area contributed by atoms with Crippen molar-refractivity contribution >= 4 is 22.9 Å². The van der Waals surface area contributed by atoms with Crippen LogP contribution in [0, 0.1) is 5.92 Å². The maximum Gasteiger partial charge on any atom is 0.119 e. The van der Waals surface area contributed by atoms with Gasteiger partial charge in [0.15, 0.2) is 0 Å². The smallest absolute Gasteiger partial charge is 0.119 e. The fourth-order valence-corrected chi connectivity index (χ4v) is 2.46. The molecule has 1 fully saturated rings. The molecule has 2 rings (SSSR count). The van der Waals surface area contributed by atoms with Gasteiger partial charge in [0.2, 0.25) is 0 Å². The van der Waals surface area contributed by atoms with Crippen LogP contribution in [0.3, 0.4) is 0 Å². The SMILES string of the molecule is ClCc1csc(COCC2CCOC2)n1. The number of nitrogens with zero attached hydrogens (tertiary/aromatic N) is 1. The molecule has 1 saturated heterocycles. The van der Waals surface area contributed by atoms with Gasteiger partial charge in [0, 0.05) is 17.9 Å². The van der Waals surface area contributed by atoms with Gasteiger partial charge in [0.1, 0.15) is 5.01 Å². The molecule has 1 unspecified atom stereocenters. The van der Waals surface area contributed by atoms with Gasteiger partial charge in [-0.25, -0.2) is 4.98 Å². The summed E-state index contributed by atoms with van der Waals surface area (Å²) in [6.07, 6.45) is 1.12. The standard InChI is InChI=1S/C10H14ClNO2S/c11-3-9-7-15-10(12-9)6-14-5-8-1-2-13-4-8/h7-8H,1-6H2. The molecule has 1 aliphatic heterocycles. The molecule has 2 heterocycles. The van der Waals surface area contributed by atoms with E-state index in [9.17, 15) is 0 Å². The van der Waals surface area contributed by atoms with Gasteiger partial charge in [0.05, 0.1) is 31.4 Å². The summed E-state index contributed by atoms with van der Waals surface area (Å²) in [6, 6.07) is 0. The third kappa shape index (κ3) is 3.41. The second kappa shape index (κ2) is 5.80. The Labute approximate surface area is 98.4 Å². The molecule has 0 N–H and O–H groups in total. The number of alkyl halides is 1. The molecule has 1 aliphatic rings. The van der Waals surface area contributed by atoms with Gasteiger partial charge in [-0.3, -0.25) is 0 Å². The molecule has 0 aliphatic carbocycles. The zero-order valence-electron chi connectivity index (χ0n) is 8.45. The van der Waals surface area contributed by atoms with E-state index in [0.29, 0.717) is 18.4 Å². The van der Waals surface area contributed by atoms with Gasteiger partial charge >= 0.3 is 0 Å². The highest BCUT2D eigenvalue weighted by Crippen LogP contribution is 2.15. The van der Waals surface area contributed by atoms with Gasteiger partial charge in [-0.2, -0.15) is 0 Å². The summed E-state index contributed by atoms with van der Waals surface area (Å²) in [5, 5.41) is 2.98. The molecule has 1 aromatic heterocycles. The van der Waals surface area contributed by atoms with Crippen LogP contribution in [-0.2, 0) is 22.0 Å². The number of rotatable bonds is 5. The molecular formula is C10H14ClNO2S. The van der Waals surface area contributed by atoms with E-state index in [-0.39, 0.29) is 0 Å². The predicted molar refractivity (Wildman–Crippen MR) is 60.3 cm³/mol. The maximum atomic E-state index is 5.66. The molecular weight excluding hydrogens is 234 g/mol. The molecule has 0 saturated carbocycles. The minimum Gasteiger partial charge on any atom is -0.381 e. The summed E-state index contributed by atoms with van der Waals surface area (Å²) >= 11 is 7.27. The monoisotopic (exact) mass is 247 g/mol. The molecule has 5 heteroatoms. The van der Waals surface area contributed by atoms with Crippen molar-refractivity contribution in [3.63, 3.8) is 0 Å². The van der Waals surface area contributed by atoms with Crippen molar-refractivity contribution in [1.29, 1.82) is 0 Å². The molecule has 0 spiro atoms. The number of halogens is 1. The zero-order chi connectivity index (χ0) is 10.5. The second-order valence-electron chi connectivity index (χ2n) is 3.61. The normalized spacial score (nSPS) is 21.0. The summed E-state index contributed by atoms with van der Waals surface area (Å²) in [5.74, 6) is 1.05. The van der Waals surface area contributed by atoms with E-state index in [4.69, 9.17) is 21.1 Å². The summed E-state index contributed by atoms with van der Waals surface area (Å²) in [6.45, 7) is 3.08. The van der Waals surface area contributed by atoms with E-state index >= 15 is 0 Å². The van der Waals surface area contributed by atoms with Crippen LogP contribution >= 0.6 is 22.9 Å². The maximum absolute atomic E-state index is 5.66. The first-order valence-corrected chi connectivity index (χ1v) is 6.44. The Morgan fingerprint density at radius 1 is 1.67 bits per heavy atom. The summed E-state index contributed by atoms with van der Waals surface area (Å²) in [7, 11) is 0. The molecule has 15 heavy (non-hydrogen) atoms. The van der Waals surface area contributed by atoms with Crippen LogP contribution in [0.4, 0.5) is 0 Å². The van der Waals surface area contributed by atoms with E-state index in [1.807, 2.05) is 5.38 Å². The molecule has 0 aromatic carbocycles. The van der Waals surface area contributed by atoms with Crippen LogP contribution in [0.5, 0.6) is 0 Å². The van der Waals surface area contributed by atoms with E-state index in [2.05, 4.69) is 4.98 Å². The quantitative estimate of drug-likeness (QED) is 0.749. The van der Waals surface area contributed by atoms with Crippen LogP contribution in [0.25, 0.3) is 0 Å². The lowest BCUT2D eigenvalue weighted by Gasteiger charge is -2.06. The Hall–Kier alpha value is -0.160. The zero-order valence-corrected chi connectivity index (χ0v) is 10.0. The largest absolute Gasteiger partial charge is 0.381 e. The van der Waals surface area contributed by atoms with Crippen LogP contribution in [0.2, 0.25) is 0 Å². The summed E-state index contributed by atoms with van der Waals surface area (Å²) < 4.78 is 10.9. The predicted octanol–water partition coefficient (Wildman–Crippen LogP) is 2.44. The Bertz CT molecular complexity index is 299. The molecule has 84 valence electrons. The average molecular weight is 248 g/mol.